The maximum Gasteiger partial charge on any atom is 0.0615 e. The van der Waals surface area contributed by atoms with E-state index >= 15 is 0 Å². The summed E-state index contributed by atoms with van der Waals surface area (Å²) in [5, 5.41) is 9.74. The number of hydrogen-bond acceptors (Lipinski definition) is 3. The zero-order valence-corrected chi connectivity index (χ0v) is 6.07. The molecule has 0 unspecified atom stereocenters. The van der Waals surface area contributed by atoms with Crippen molar-refractivity contribution in [2.45, 2.75) is 20.0 Å². The van der Waals surface area contributed by atoms with E-state index in [2.05, 4.69) is 29.8 Å². The lowest BCUT2D eigenvalue weighted by Crippen LogP contribution is -2.57. The predicted molar refractivity (Wildman–Crippen MR) is 37.8 cm³/mol. The Morgan fingerprint density at radius 2 is 1.78 bits per heavy atom. The first-order valence-corrected chi connectivity index (χ1v) is 3.48. The van der Waals surface area contributed by atoms with Crippen molar-refractivity contribution in [1.29, 1.82) is 0 Å². The van der Waals surface area contributed by atoms with Crippen molar-refractivity contribution in [1.82, 2.24) is 16.0 Å². The van der Waals surface area contributed by atoms with E-state index < -0.39 is 0 Å². The molecule has 1 aliphatic heterocycles. The molecule has 1 aliphatic rings. The molecule has 3 N–H and O–H groups in total. The third-order valence-corrected chi connectivity index (χ3v) is 1.56. The molecule has 0 spiro atoms. The average Bonchev–Trinajstić information content (AvgIpc) is 1.90. The first-order valence-electron chi connectivity index (χ1n) is 3.48. The van der Waals surface area contributed by atoms with Gasteiger partial charge in [0.25, 0.3) is 0 Å². The van der Waals surface area contributed by atoms with Gasteiger partial charge in [-0.25, -0.2) is 0 Å². The molecule has 3 heteroatoms. The lowest BCUT2D eigenvalue weighted by molar-refractivity contribution is 0.274. The Bertz CT molecular complexity index is 76.4. The predicted octanol–water partition coefficient (Wildman–Crippen LogP) is -0.334. The number of hydrogen-bond donors (Lipinski definition) is 3. The highest BCUT2D eigenvalue weighted by molar-refractivity contribution is 4.70. The van der Waals surface area contributed by atoms with E-state index in [-0.39, 0.29) is 0 Å². The van der Waals surface area contributed by atoms with E-state index in [0.717, 1.165) is 13.3 Å². The van der Waals surface area contributed by atoms with Crippen molar-refractivity contribution >= 4 is 0 Å². The fourth-order valence-corrected chi connectivity index (χ4v) is 0.970. The van der Waals surface area contributed by atoms with Gasteiger partial charge in [-0.15, -0.1) is 0 Å². The Labute approximate surface area is 56.2 Å². The van der Waals surface area contributed by atoms with Gasteiger partial charge in [-0.2, -0.15) is 0 Å². The Hall–Kier alpha value is -0.120. The second kappa shape index (κ2) is 3.15. The van der Waals surface area contributed by atoms with Gasteiger partial charge in [0.2, 0.25) is 0 Å². The topological polar surface area (TPSA) is 36.1 Å². The smallest absolute Gasteiger partial charge is 0.0615 e. The van der Waals surface area contributed by atoms with Crippen LogP contribution in [0.5, 0.6) is 0 Å². The highest BCUT2D eigenvalue weighted by atomic mass is 15.3. The van der Waals surface area contributed by atoms with Crippen molar-refractivity contribution in [2.75, 3.05) is 13.3 Å². The SMILES string of the molecule is CC(C)C1NCNCN1. The van der Waals surface area contributed by atoms with E-state index in [0.29, 0.717) is 12.1 Å². The maximum atomic E-state index is 3.30. The largest absolute Gasteiger partial charge is 0.292 e. The molecule has 1 rings (SSSR count). The molecule has 0 aromatic rings. The van der Waals surface area contributed by atoms with Crippen molar-refractivity contribution in [3.05, 3.63) is 0 Å². The van der Waals surface area contributed by atoms with Gasteiger partial charge in [0.05, 0.1) is 6.17 Å². The number of rotatable bonds is 1. The zero-order chi connectivity index (χ0) is 6.69. The van der Waals surface area contributed by atoms with Crippen molar-refractivity contribution in [3.8, 4) is 0 Å². The van der Waals surface area contributed by atoms with Crippen LogP contribution in [0.1, 0.15) is 13.8 Å². The van der Waals surface area contributed by atoms with Gasteiger partial charge in [-0.3, -0.25) is 16.0 Å². The molecule has 3 nitrogen and oxygen atoms in total. The minimum absolute atomic E-state index is 0.492. The van der Waals surface area contributed by atoms with Gasteiger partial charge in [0.15, 0.2) is 0 Å². The standard InChI is InChI=1S/C6H15N3/c1-5(2)6-8-3-7-4-9-6/h5-9H,3-4H2,1-2H3. The molecule has 1 heterocycles. The molecule has 0 aromatic carbocycles. The van der Waals surface area contributed by atoms with Crippen LogP contribution in [0.15, 0.2) is 0 Å². The summed E-state index contributed by atoms with van der Waals surface area (Å²) in [5.41, 5.74) is 0. The molecule has 0 atom stereocenters. The summed E-state index contributed by atoms with van der Waals surface area (Å²) in [6.45, 7) is 6.26. The zero-order valence-electron chi connectivity index (χ0n) is 6.07. The van der Waals surface area contributed by atoms with Crippen LogP contribution in [0.2, 0.25) is 0 Å². The average molecular weight is 129 g/mol. The lowest BCUT2D eigenvalue weighted by atomic mass is 10.1. The first-order chi connectivity index (χ1) is 4.30. The van der Waals surface area contributed by atoms with Crippen LogP contribution in [0, 0.1) is 5.92 Å². The Balaban J connectivity index is 2.23. The van der Waals surface area contributed by atoms with Gasteiger partial charge in [-0.05, 0) is 5.92 Å². The molecule has 1 saturated heterocycles. The third kappa shape index (κ3) is 1.93. The highest BCUT2D eigenvalue weighted by Crippen LogP contribution is 1.97. The van der Waals surface area contributed by atoms with Gasteiger partial charge in [0.1, 0.15) is 0 Å². The fourth-order valence-electron chi connectivity index (χ4n) is 0.970. The van der Waals surface area contributed by atoms with Gasteiger partial charge in [-0.1, -0.05) is 13.8 Å². The Morgan fingerprint density at radius 1 is 1.22 bits per heavy atom. The quantitative estimate of drug-likeness (QED) is 0.453. The summed E-state index contributed by atoms with van der Waals surface area (Å²) in [7, 11) is 0. The molecule has 1 fully saturated rings. The Morgan fingerprint density at radius 3 is 2.11 bits per heavy atom. The normalized spacial score (nSPS) is 23.0. The monoisotopic (exact) mass is 129 g/mol. The number of nitrogens with one attached hydrogen (secondary N) is 3. The van der Waals surface area contributed by atoms with Crippen LogP contribution in [0.25, 0.3) is 0 Å². The minimum Gasteiger partial charge on any atom is -0.292 e. The summed E-state index contributed by atoms with van der Waals surface area (Å²) in [5.74, 6) is 0.673. The minimum atomic E-state index is 0.492. The molecule has 0 radical (unpaired) electrons. The van der Waals surface area contributed by atoms with Crippen LogP contribution in [0.4, 0.5) is 0 Å². The molecule has 9 heavy (non-hydrogen) atoms. The molecule has 0 amide bonds. The molecular weight excluding hydrogens is 114 g/mol. The van der Waals surface area contributed by atoms with Crippen LogP contribution in [-0.4, -0.2) is 19.5 Å². The van der Waals surface area contributed by atoms with E-state index in [4.69, 9.17) is 0 Å². The molecule has 0 saturated carbocycles. The molecule has 54 valence electrons. The van der Waals surface area contributed by atoms with E-state index in [1.54, 1.807) is 0 Å². The molecule has 0 aliphatic carbocycles. The maximum absolute atomic E-state index is 3.30. The van der Waals surface area contributed by atoms with Crippen LogP contribution >= 0.6 is 0 Å². The summed E-state index contributed by atoms with van der Waals surface area (Å²) in [6.07, 6.45) is 0.492. The molecule has 0 aromatic heterocycles. The first kappa shape index (κ1) is 6.99. The molecule has 0 bridgehead atoms. The van der Waals surface area contributed by atoms with E-state index in [1.165, 1.54) is 0 Å². The van der Waals surface area contributed by atoms with Crippen LogP contribution in [0.3, 0.4) is 0 Å². The van der Waals surface area contributed by atoms with Crippen LogP contribution in [-0.2, 0) is 0 Å². The second-order valence-corrected chi connectivity index (χ2v) is 2.73. The lowest BCUT2D eigenvalue weighted by Gasteiger charge is -2.28. The fraction of sp³-hybridized carbons (Fsp3) is 1.00. The van der Waals surface area contributed by atoms with E-state index in [1.807, 2.05) is 0 Å². The van der Waals surface area contributed by atoms with Crippen molar-refractivity contribution < 1.29 is 0 Å². The highest BCUT2D eigenvalue weighted by Gasteiger charge is 2.13. The summed E-state index contributed by atoms with van der Waals surface area (Å²) < 4.78 is 0. The van der Waals surface area contributed by atoms with E-state index in [9.17, 15) is 0 Å². The summed E-state index contributed by atoms with van der Waals surface area (Å²) in [6, 6.07) is 0. The Kier molecular flexibility index (Phi) is 2.45. The van der Waals surface area contributed by atoms with Crippen molar-refractivity contribution in [3.63, 3.8) is 0 Å². The summed E-state index contributed by atoms with van der Waals surface area (Å²) >= 11 is 0. The van der Waals surface area contributed by atoms with Gasteiger partial charge >= 0.3 is 0 Å². The summed E-state index contributed by atoms with van der Waals surface area (Å²) in [4.78, 5) is 0. The van der Waals surface area contributed by atoms with Crippen molar-refractivity contribution in [2.24, 2.45) is 5.92 Å². The third-order valence-electron chi connectivity index (χ3n) is 1.56. The van der Waals surface area contributed by atoms with Gasteiger partial charge in [0, 0.05) is 13.3 Å². The molecular formula is C6H15N3. The van der Waals surface area contributed by atoms with Gasteiger partial charge < -0.3 is 0 Å². The second-order valence-electron chi connectivity index (χ2n) is 2.73. The van der Waals surface area contributed by atoms with Crippen LogP contribution < -0.4 is 16.0 Å².